The highest BCUT2D eigenvalue weighted by molar-refractivity contribution is 7.12. The molecule has 23 heavy (non-hydrogen) atoms. The molecule has 1 amide bonds. The van der Waals surface area contributed by atoms with Crippen LogP contribution in [-0.2, 0) is 6.54 Å². The number of nitrogens with one attached hydrogen (secondary N) is 2. The van der Waals surface area contributed by atoms with E-state index >= 15 is 0 Å². The molecule has 0 saturated carbocycles. The van der Waals surface area contributed by atoms with Crippen LogP contribution in [0.15, 0.2) is 57.9 Å². The number of fused-ring (bicyclic) bond motifs is 3. The number of carbonyl (C=O) groups excluding carboxylic acids is 1. The van der Waals surface area contributed by atoms with Crippen molar-refractivity contribution in [2.24, 2.45) is 0 Å². The molecule has 114 valence electrons. The van der Waals surface area contributed by atoms with Gasteiger partial charge in [0, 0.05) is 16.3 Å². The van der Waals surface area contributed by atoms with Crippen LogP contribution in [0.25, 0.3) is 21.8 Å². The van der Waals surface area contributed by atoms with Gasteiger partial charge < -0.3 is 14.7 Å². The molecule has 3 aromatic heterocycles. The number of H-pyrrole nitrogens is 1. The molecule has 4 rings (SSSR count). The molecule has 0 radical (unpaired) electrons. The minimum absolute atomic E-state index is 0.151. The number of benzene rings is 1. The van der Waals surface area contributed by atoms with Crippen molar-refractivity contribution in [3.63, 3.8) is 0 Å². The first kappa shape index (κ1) is 13.8. The number of carbonyl (C=O) groups is 1. The van der Waals surface area contributed by atoms with Gasteiger partial charge in [-0.15, -0.1) is 0 Å². The Morgan fingerprint density at radius 1 is 1.17 bits per heavy atom. The summed E-state index contributed by atoms with van der Waals surface area (Å²) in [5.41, 5.74) is 1.43. The zero-order valence-electron chi connectivity index (χ0n) is 12.0. The molecule has 0 spiro atoms. The van der Waals surface area contributed by atoms with E-state index in [1.165, 1.54) is 0 Å². The van der Waals surface area contributed by atoms with E-state index in [-0.39, 0.29) is 10.6 Å². The van der Waals surface area contributed by atoms with E-state index in [1.54, 1.807) is 24.5 Å². The first-order valence-corrected chi connectivity index (χ1v) is 7.89. The summed E-state index contributed by atoms with van der Waals surface area (Å²) >= 11 is 0.938. The van der Waals surface area contributed by atoms with Crippen molar-refractivity contribution in [2.75, 3.05) is 0 Å². The summed E-state index contributed by atoms with van der Waals surface area (Å²) in [6.45, 7) is 0.290. The number of para-hydroxylation sites is 1. The van der Waals surface area contributed by atoms with Crippen molar-refractivity contribution in [2.45, 2.75) is 6.54 Å². The summed E-state index contributed by atoms with van der Waals surface area (Å²) in [6.07, 6.45) is 1.55. The van der Waals surface area contributed by atoms with Gasteiger partial charge in [0.15, 0.2) is 0 Å². The van der Waals surface area contributed by atoms with Crippen molar-refractivity contribution in [1.29, 1.82) is 0 Å². The molecule has 0 fully saturated rings. The molecule has 2 N–H and O–H groups in total. The van der Waals surface area contributed by atoms with Crippen LogP contribution in [0.4, 0.5) is 0 Å². The molecule has 6 heteroatoms. The van der Waals surface area contributed by atoms with Gasteiger partial charge in [-0.3, -0.25) is 9.59 Å². The molecule has 0 bridgehead atoms. The van der Waals surface area contributed by atoms with Gasteiger partial charge in [0.2, 0.25) is 0 Å². The van der Waals surface area contributed by atoms with Crippen LogP contribution >= 0.6 is 11.3 Å². The Hall–Kier alpha value is -2.86. The molecular formula is C17H12N2O3S. The lowest BCUT2D eigenvalue weighted by atomic mass is 10.2. The lowest BCUT2D eigenvalue weighted by Gasteiger charge is -2.02. The average molecular weight is 324 g/mol. The number of hydrogen-bond acceptors (Lipinski definition) is 4. The third-order valence-electron chi connectivity index (χ3n) is 3.66. The van der Waals surface area contributed by atoms with Gasteiger partial charge in [0.25, 0.3) is 10.6 Å². The maximum atomic E-state index is 12.3. The zero-order valence-corrected chi connectivity index (χ0v) is 12.8. The SMILES string of the molecule is O=C(NCc1ccco1)c1cc2c([nH]c3ccccc32)c(=O)s1. The van der Waals surface area contributed by atoms with Crippen LogP contribution in [-0.4, -0.2) is 10.9 Å². The van der Waals surface area contributed by atoms with Crippen LogP contribution in [0.3, 0.4) is 0 Å². The Balaban J connectivity index is 1.73. The predicted octanol–water partition coefficient (Wildman–Crippen LogP) is 3.27. The summed E-state index contributed by atoms with van der Waals surface area (Å²) in [4.78, 5) is 28.1. The van der Waals surface area contributed by atoms with E-state index in [4.69, 9.17) is 4.42 Å². The Morgan fingerprint density at radius 2 is 2.04 bits per heavy atom. The predicted molar refractivity (Wildman–Crippen MR) is 89.8 cm³/mol. The normalized spacial score (nSPS) is 11.1. The fourth-order valence-corrected chi connectivity index (χ4v) is 3.37. The van der Waals surface area contributed by atoms with Crippen LogP contribution in [0.5, 0.6) is 0 Å². The molecule has 0 aliphatic heterocycles. The van der Waals surface area contributed by atoms with Crippen molar-refractivity contribution in [3.8, 4) is 0 Å². The van der Waals surface area contributed by atoms with Gasteiger partial charge in [-0.05, 0) is 24.3 Å². The summed E-state index contributed by atoms with van der Waals surface area (Å²) in [5, 5.41) is 4.47. The summed E-state index contributed by atoms with van der Waals surface area (Å²) < 4.78 is 5.03. The van der Waals surface area contributed by atoms with Crippen molar-refractivity contribution in [1.82, 2.24) is 10.3 Å². The van der Waals surface area contributed by atoms with Crippen molar-refractivity contribution < 1.29 is 9.21 Å². The second-order valence-electron chi connectivity index (χ2n) is 5.12. The Morgan fingerprint density at radius 3 is 2.87 bits per heavy atom. The highest BCUT2D eigenvalue weighted by Crippen LogP contribution is 2.25. The largest absolute Gasteiger partial charge is 0.467 e. The number of rotatable bonds is 3. The molecule has 0 aliphatic carbocycles. The quantitative estimate of drug-likeness (QED) is 0.607. The molecule has 0 atom stereocenters. The molecule has 0 aliphatic rings. The third-order valence-corrected chi connectivity index (χ3v) is 4.57. The molecular weight excluding hydrogens is 312 g/mol. The molecule has 5 nitrogen and oxygen atoms in total. The molecule has 0 unspecified atom stereocenters. The first-order valence-electron chi connectivity index (χ1n) is 7.07. The zero-order chi connectivity index (χ0) is 15.8. The molecule has 1 aromatic carbocycles. The van der Waals surface area contributed by atoms with Crippen molar-refractivity contribution >= 4 is 39.0 Å². The van der Waals surface area contributed by atoms with Crippen molar-refractivity contribution in [3.05, 3.63) is 68.9 Å². The van der Waals surface area contributed by atoms with E-state index in [0.717, 1.165) is 27.6 Å². The third kappa shape index (κ3) is 2.43. The minimum Gasteiger partial charge on any atom is -0.467 e. The molecule has 3 heterocycles. The highest BCUT2D eigenvalue weighted by Gasteiger charge is 2.14. The number of amides is 1. The first-order chi connectivity index (χ1) is 11.2. The molecule has 0 saturated heterocycles. The number of hydrogen-bond donors (Lipinski definition) is 2. The number of furan rings is 1. The second kappa shape index (κ2) is 5.40. The summed E-state index contributed by atoms with van der Waals surface area (Å²) in [6, 6.07) is 13.0. The number of aromatic nitrogens is 1. The standard InChI is InChI=1S/C17H12N2O3S/c20-16(18-9-10-4-3-7-22-10)14-8-12-11-5-1-2-6-13(11)19-15(12)17(21)23-14/h1-8,19H,9H2,(H,18,20). The minimum atomic E-state index is -0.282. The van der Waals surface area contributed by atoms with Gasteiger partial charge >= 0.3 is 0 Å². The lowest BCUT2D eigenvalue weighted by molar-refractivity contribution is 0.0952. The monoisotopic (exact) mass is 324 g/mol. The Kier molecular flexibility index (Phi) is 3.24. The average Bonchev–Trinajstić information content (AvgIpc) is 3.20. The van der Waals surface area contributed by atoms with Gasteiger partial charge in [-0.1, -0.05) is 29.5 Å². The van der Waals surface area contributed by atoms with E-state index in [0.29, 0.717) is 22.7 Å². The van der Waals surface area contributed by atoms with E-state index in [1.807, 2.05) is 24.3 Å². The van der Waals surface area contributed by atoms with Crippen LogP contribution in [0.1, 0.15) is 15.4 Å². The van der Waals surface area contributed by atoms with Gasteiger partial charge in [0.05, 0.1) is 17.7 Å². The summed E-state index contributed by atoms with van der Waals surface area (Å²) in [7, 11) is 0. The Labute approximate surface area is 134 Å². The van der Waals surface area contributed by atoms with Crippen LogP contribution < -0.4 is 10.1 Å². The van der Waals surface area contributed by atoms with E-state index in [9.17, 15) is 9.59 Å². The second-order valence-corrected chi connectivity index (χ2v) is 6.13. The maximum absolute atomic E-state index is 12.3. The maximum Gasteiger partial charge on any atom is 0.261 e. The smallest absolute Gasteiger partial charge is 0.261 e. The van der Waals surface area contributed by atoms with Gasteiger partial charge in [-0.25, -0.2) is 0 Å². The topological polar surface area (TPSA) is 75.1 Å². The lowest BCUT2D eigenvalue weighted by Crippen LogP contribution is -2.22. The Bertz CT molecular complexity index is 1060. The van der Waals surface area contributed by atoms with E-state index < -0.39 is 0 Å². The van der Waals surface area contributed by atoms with Gasteiger partial charge in [-0.2, -0.15) is 0 Å². The summed E-state index contributed by atoms with van der Waals surface area (Å²) in [5.74, 6) is 0.384. The van der Waals surface area contributed by atoms with Gasteiger partial charge in [0.1, 0.15) is 11.3 Å². The fourth-order valence-electron chi connectivity index (χ4n) is 2.57. The van der Waals surface area contributed by atoms with Crippen LogP contribution in [0, 0.1) is 0 Å². The number of aromatic amines is 1. The fraction of sp³-hybridized carbons (Fsp3) is 0.0588. The highest BCUT2D eigenvalue weighted by atomic mass is 32.1. The molecule has 4 aromatic rings. The van der Waals surface area contributed by atoms with Crippen LogP contribution in [0.2, 0.25) is 0 Å². The van der Waals surface area contributed by atoms with E-state index in [2.05, 4.69) is 10.3 Å².